The maximum Gasteiger partial charge on any atom is 0.329 e. The third kappa shape index (κ3) is 3.79. The molecule has 0 aliphatic carbocycles. The molecule has 1 saturated heterocycles. The molecule has 8 nitrogen and oxygen atoms in total. The first-order valence-electron chi connectivity index (χ1n) is 8.23. The maximum atomic E-state index is 12.5. The Bertz CT molecular complexity index is 644. The largest absolute Gasteiger partial charge is 0.486 e. The molecule has 1 aromatic carbocycles. The van der Waals surface area contributed by atoms with Gasteiger partial charge in [0.2, 0.25) is 0 Å². The Morgan fingerprint density at radius 1 is 1.28 bits per heavy atom. The molecule has 0 aromatic heterocycles. The van der Waals surface area contributed by atoms with Gasteiger partial charge in [0.25, 0.3) is 0 Å². The lowest BCUT2D eigenvalue weighted by Crippen LogP contribution is -2.60. The highest BCUT2D eigenvalue weighted by molar-refractivity contribution is 5.86. The SMILES string of the molecule is CN(CC1COc2ccccc2O1)C(=O)NC1(C(=O)O)CCOCC1. The molecule has 1 aromatic rings. The molecule has 1 atom stereocenters. The second kappa shape index (κ2) is 7.18. The van der Waals surface area contributed by atoms with E-state index in [1.807, 2.05) is 24.3 Å². The van der Waals surface area contributed by atoms with E-state index in [1.165, 1.54) is 4.90 Å². The van der Waals surface area contributed by atoms with Crippen molar-refractivity contribution < 1.29 is 28.9 Å². The lowest BCUT2D eigenvalue weighted by atomic mass is 9.90. The Morgan fingerprint density at radius 2 is 1.96 bits per heavy atom. The van der Waals surface area contributed by atoms with Crippen molar-refractivity contribution in [2.45, 2.75) is 24.5 Å². The van der Waals surface area contributed by atoms with Crippen molar-refractivity contribution >= 4 is 12.0 Å². The number of ether oxygens (including phenoxy) is 3. The topological polar surface area (TPSA) is 97.3 Å². The first-order valence-corrected chi connectivity index (χ1v) is 8.23. The molecule has 0 bridgehead atoms. The van der Waals surface area contributed by atoms with Crippen LogP contribution in [0.15, 0.2) is 24.3 Å². The highest BCUT2D eigenvalue weighted by Gasteiger charge is 2.42. The van der Waals surface area contributed by atoms with Gasteiger partial charge in [-0.1, -0.05) is 12.1 Å². The van der Waals surface area contributed by atoms with Gasteiger partial charge in [-0.3, -0.25) is 0 Å². The van der Waals surface area contributed by atoms with E-state index in [2.05, 4.69) is 5.32 Å². The van der Waals surface area contributed by atoms with Gasteiger partial charge in [0.1, 0.15) is 12.1 Å². The van der Waals surface area contributed by atoms with E-state index in [0.29, 0.717) is 31.3 Å². The van der Waals surface area contributed by atoms with Crippen molar-refractivity contribution in [2.24, 2.45) is 0 Å². The van der Waals surface area contributed by atoms with E-state index in [1.54, 1.807) is 7.05 Å². The zero-order valence-corrected chi connectivity index (χ0v) is 14.1. The third-order valence-electron chi connectivity index (χ3n) is 4.49. The summed E-state index contributed by atoms with van der Waals surface area (Å²) in [5.41, 5.74) is -1.28. The number of nitrogens with one attached hydrogen (secondary N) is 1. The highest BCUT2D eigenvalue weighted by Crippen LogP contribution is 2.31. The Balaban J connectivity index is 1.58. The minimum atomic E-state index is -1.28. The van der Waals surface area contributed by atoms with Gasteiger partial charge in [0.15, 0.2) is 17.6 Å². The van der Waals surface area contributed by atoms with Gasteiger partial charge in [-0.05, 0) is 12.1 Å². The van der Waals surface area contributed by atoms with Gasteiger partial charge in [0, 0.05) is 33.1 Å². The zero-order chi connectivity index (χ0) is 17.9. The van der Waals surface area contributed by atoms with Crippen LogP contribution in [0.1, 0.15) is 12.8 Å². The summed E-state index contributed by atoms with van der Waals surface area (Å²) in [6.07, 6.45) is 0.178. The van der Waals surface area contributed by atoms with Crippen LogP contribution in [0.25, 0.3) is 0 Å². The average molecular weight is 350 g/mol. The number of nitrogens with zero attached hydrogens (tertiary/aromatic N) is 1. The molecule has 0 saturated carbocycles. The lowest BCUT2D eigenvalue weighted by Gasteiger charge is -2.36. The summed E-state index contributed by atoms with van der Waals surface area (Å²) in [6.45, 7) is 1.23. The Morgan fingerprint density at radius 3 is 2.64 bits per heavy atom. The molecule has 2 aliphatic heterocycles. The number of rotatable bonds is 4. The molecule has 3 rings (SSSR count). The molecule has 25 heavy (non-hydrogen) atoms. The predicted octanol–water partition coefficient (Wildman–Crippen LogP) is 1.10. The van der Waals surface area contributed by atoms with E-state index < -0.39 is 17.5 Å². The van der Waals surface area contributed by atoms with Crippen LogP contribution in [-0.2, 0) is 9.53 Å². The van der Waals surface area contributed by atoms with Crippen LogP contribution in [0.4, 0.5) is 4.79 Å². The fourth-order valence-corrected chi connectivity index (χ4v) is 2.95. The van der Waals surface area contributed by atoms with E-state index in [-0.39, 0.29) is 25.5 Å². The van der Waals surface area contributed by atoms with Crippen molar-refractivity contribution in [3.05, 3.63) is 24.3 Å². The van der Waals surface area contributed by atoms with Crippen LogP contribution in [0.5, 0.6) is 11.5 Å². The van der Waals surface area contributed by atoms with E-state index in [9.17, 15) is 14.7 Å². The number of hydrogen-bond donors (Lipinski definition) is 2. The van der Waals surface area contributed by atoms with Crippen molar-refractivity contribution in [2.75, 3.05) is 33.4 Å². The average Bonchev–Trinajstić information content (AvgIpc) is 2.62. The molecule has 0 radical (unpaired) electrons. The number of carbonyl (C=O) groups excluding carboxylic acids is 1. The van der Waals surface area contributed by atoms with Gasteiger partial charge >= 0.3 is 12.0 Å². The number of benzene rings is 1. The van der Waals surface area contributed by atoms with Gasteiger partial charge in [0.05, 0.1) is 6.54 Å². The van der Waals surface area contributed by atoms with Crippen molar-refractivity contribution in [1.29, 1.82) is 0 Å². The van der Waals surface area contributed by atoms with Crippen molar-refractivity contribution in [3.63, 3.8) is 0 Å². The van der Waals surface area contributed by atoms with Crippen LogP contribution in [0.2, 0.25) is 0 Å². The monoisotopic (exact) mass is 350 g/mol. The molecular formula is C17H22N2O6. The fourth-order valence-electron chi connectivity index (χ4n) is 2.95. The zero-order valence-electron chi connectivity index (χ0n) is 14.1. The van der Waals surface area contributed by atoms with Crippen LogP contribution in [-0.4, -0.2) is 67.1 Å². The summed E-state index contributed by atoms with van der Waals surface area (Å²) in [5, 5.41) is 12.2. The van der Waals surface area contributed by atoms with Gasteiger partial charge in [-0.25, -0.2) is 9.59 Å². The smallest absolute Gasteiger partial charge is 0.329 e. The number of hydrogen-bond acceptors (Lipinski definition) is 5. The normalized spacial score (nSPS) is 21.2. The minimum Gasteiger partial charge on any atom is -0.486 e. The first-order chi connectivity index (χ1) is 12.0. The lowest BCUT2D eigenvalue weighted by molar-refractivity contribution is -0.148. The highest BCUT2D eigenvalue weighted by atomic mass is 16.6. The van der Waals surface area contributed by atoms with Crippen LogP contribution in [0.3, 0.4) is 0 Å². The molecule has 2 heterocycles. The molecule has 1 unspecified atom stereocenters. The number of carbonyl (C=O) groups is 2. The number of likely N-dealkylation sites (N-methyl/N-ethyl adjacent to an activating group) is 1. The summed E-state index contributed by atoms with van der Waals surface area (Å²) < 4.78 is 16.7. The molecule has 8 heteroatoms. The second-order valence-corrected chi connectivity index (χ2v) is 6.31. The summed E-state index contributed by atoms with van der Waals surface area (Å²) in [4.78, 5) is 25.5. The number of carboxylic acid groups (broad SMARTS) is 1. The molecule has 0 spiro atoms. The maximum absolute atomic E-state index is 12.5. The van der Waals surface area contributed by atoms with Crippen molar-refractivity contribution in [3.8, 4) is 11.5 Å². The Kier molecular flexibility index (Phi) is 4.98. The Labute approximate surface area is 145 Å². The van der Waals surface area contributed by atoms with Crippen LogP contribution in [0, 0.1) is 0 Å². The van der Waals surface area contributed by atoms with Crippen molar-refractivity contribution in [1.82, 2.24) is 10.2 Å². The number of amides is 2. The standard InChI is InChI=1S/C17H22N2O6/c1-19(10-12-11-24-13-4-2-3-5-14(13)25-12)16(22)18-17(15(20)21)6-8-23-9-7-17/h2-5,12H,6-11H2,1H3,(H,18,22)(H,20,21). The van der Waals surface area contributed by atoms with Gasteiger partial charge < -0.3 is 29.5 Å². The fraction of sp³-hybridized carbons (Fsp3) is 0.529. The van der Waals surface area contributed by atoms with E-state index in [4.69, 9.17) is 14.2 Å². The minimum absolute atomic E-state index is 0.248. The number of carboxylic acids is 1. The molecule has 2 amide bonds. The third-order valence-corrected chi connectivity index (χ3v) is 4.49. The van der Waals surface area contributed by atoms with Crippen LogP contribution >= 0.6 is 0 Å². The van der Waals surface area contributed by atoms with E-state index >= 15 is 0 Å². The summed E-state index contributed by atoms with van der Waals surface area (Å²) in [6, 6.07) is 6.89. The molecule has 2 aliphatic rings. The number of aliphatic carboxylic acids is 1. The van der Waals surface area contributed by atoms with Gasteiger partial charge in [-0.15, -0.1) is 0 Å². The number of fused-ring (bicyclic) bond motifs is 1. The van der Waals surface area contributed by atoms with Gasteiger partial charge in [-0.2, -0.15) is 0 Å². The molecule has 2 N–H and O–H groups in total. The number of para-hydroxylation sites is 2. The summed E-state index contributed by atoms with van der Waals surface area (Å²) >= 11 is 0. The van der Waals surface area contributed by atoms with E-state index in [0.717, 1.165) is 0 Å². The first kappa shape index (κ1) is 17.3. The Hall–Kier alpha value is -2.48. The predicted molar refractivity (Wildman–Crippen MR) is 87.9 cm³/mol. The molecular weight excluding hydrogens is 328 g/mol. The molecule has 1 fully saturated rings. The number of urea groups is 1. The summed E-state index contributed by atoms with van der Waals surface area (Å²) in [7, 11) is 1.61. The summed E-state index contributed by atoms with van der Waals surface area (Å²) in [5.74, 6) is 0.278. The quantitative estimate of drug-likeness (QED) is 0.844. The molecule has 136 valence electrons. The second-order valence-electron chi connectivity index (χ2n) is 6.31. The van der Waals surface area contributed by atoms with Crippen LogP contribution < -0.4 is 14.8 Å².